The maximum atomic E-state index is 10.1. The van der Waals surface area contributed by atoms with Gasteiger partial charge in [-0.15, -0.1) is 0 Å². The van der Waals surface area contributed by atoms with E-state index in [0.717, 1.165) is 0 Å². The van der Waals surface area contributed by atoms with Crippen molar-refractivity contribution in [3.05, 3.63) is 0 Å². The fourth-order valence-electron chi connectivity index (χ4n) is 1.01. The first kappa shape index (κ1) is 17.3. The molecular weight excluding hydrogens is 240 g/mol. The molecular formula is C12H24O6. The number of carboxylic acids is 1. The smallest absolute Gasteiger partial charge is 0.329 e. The van der Waals surface area contributed by atoms with Crippen LogP contribution in [0.15, 0.2) is 0 Å². The van der Waals surface area contributed by atoms with Crippen LogP contribution in [0.1, 0.15) is 20.8 Å². The van der Waals surface area contributed by atoms with E-state index in [1.165, 1.54) is 0 Å². The van der Waals surface area contributed by atoms with E-state index in [1.54, 1.807) is 0 Å². The zero-order valence-corrected chi connectivity index (χ0v) is 11.4. The molecule has 6 heteroatoms. The molecule has 0 aromatic rings. The van der Waals surface area contributed by atoms with Crippen LogP contribution in [-0.4, -0.2) is 62.9 Å². The largest absolute Gasteiger partial charge is 0.480 e. The van der Waals surface area contributed by atoms with E-state index < -0.39 is 5.97 Å². The van der Waals surface area contributed by atoms with E-state index in [9.17, 15) is 4.79 Å². The molecule has 0 saturated heterocycles. The lowest BCUT2D eigenvalue weighted by molar-refractivity contribution is -0.142. The summed E-state index contributed by atoms with van der Waals surface area (Å²) in [6, 6.07) is 0. The van der Waals surface area contributed by atoms with Crippen LogP contribution in [-0.2, 0) is 23.7 Å². The molecule has 0 atom stereocenters. The van der Waals surface area contributed by atoms with Gasteiger partial charge in [0.1, 0.15) is 6.61 Å². The number of carboxylic acid groups (broad SMARTS) is 1. The Hall–Kier alpha value is -0.690. The predicted molar refractivity (Wildman–Crippen MR) is 65.8 cm³/mol. The average molecular weight is 264 g/mol. The molecule has 0 unspecified atom stereocenters. The van der Waals surface area contributed by atoms with Crippen molar-refractivity contribution in [2.75, 3.05) is 46.2 Å². The number of hydrogen-bond donors (Lipinski definition) is 1. The van der Waals surface area contributed by atoms with Gasteiger partial charge < -0.3 is 24.1 Å². The molecule has 1 N–H and O–H groups in total. The normalized spacial score (nSPS) is 11.7. The monoisotopic (exact) mass is 264 g/mol. The molecule has 18 heavy (non-hydrogen) atoms. The Bertz CT molecular complexity index is 211. The van der Waals surface area contributed by atoms with Crippen molar-refractivity contribution in [3.63, 3.8) is 0 Å². The number of carbonyl (C=O) groups is 1. The van der Waals surface area contributed by atoms with Crippen LogP contribution in [0.5, 0.6) is 0 Å². The van der Waals surface area contributed by atoms with Gasteiger partial charge in [0.15, 0.2) is 0 Å². The highest BCUT2D eigenvalue weighted by molar-refractivity contribution is 5.67. The zero-order chi connectivity index (χ0) is 13.9. The third-order valence-electron chi connectivity index (χ3n) is 1.73. The molecule has 0 amide bonds. The Morgan fingerprint density at radius 1 is 0.889 bits per heavy atom. The van der Waals surface area contributed by atoms with Crippen LogP contribution in [0.25, 0.3) is 0 Å². The number of rotatable bonds is 11. The summed E-state index contributed by atoms with van der Waals surface area (Å²) in [6.07, 6.45) is 0. The quantitative estimate of drug-likeness (QED) is 0.560. The summed E-state index contributed by atoms with van der Waals surface area (Å²) in [4.78, 5) is 10.1. The van der Waals surface area contributed by atoms with E-state index in [2.05, 4.69) is 0 Å². The molecule has 0 fully saturated rings. The average Bonchev–Trinajstić information content (AvgIpc) is 2.24. The third-order valence-corrected chi connectivity index (χ3v) is 1.73. The summed E-state index contributed by atoms with van der Waals surface area (Å²) >= 11 is 0. The fraction of sp³-hybridized carbons (Fsp3) is 0.917. The van der Waals surface area contributed by atoms with Crippen LogP contribution in [0.3, 0.4) is 0 Å². The number of ether oxygens (including phenoxy) is 4. The van der Waals surface area contributed by atoms with Gasteiger partial charge in [-0.25, -0.2) is 4.79 Å². The fourth-order valence-corrected chi connectivity index (χ4v) is 1.01. The van der Waals surface area contributed by atoms with Crippen LogP contribution in [0, 0.1) is 0 Å². The second kappa shape index (κ2) is 10.3. The minimum Gasteiger partial charge on any atom is -0.480 e. The van der Waals surface area contributed by atoms with Gasteiger partial charge >= 0.3 is 5.97 Å². The standard InChI is InChI=1S/C12H24O6/c1-12(2,3)18-9-8-16-5-4-15-6-7-17-10-11(13)14/h4-10H2,1-3H3,(H,13,14). The first-order valence-electron chi connectivity index (χ1n) is 6.01. The van der Waals surface area contributed by atoms with Gasteiger partial charge in [-0.2, -0.15) is 0 Å². The van der Waals surface area contributed by atoms with E-state index in [0.29, 0.717) is 33.0 Å². The molecule has 0 aliphatic carbocycles. The Balaban J connectivity index is 3.06. The van der Waals surface area contributed by atoms with Gasteiger partial charge in [0.2, 0.25) is 0 Å². The van der Waals surface area contributed by atoms with Crippen molar-refractivity contribution in [1.82, 2.24) is 0 Å². The van der Waals surface area contributed by atoms with Crippen LogP contribution >= 0.6 is 0 Å². The summed E-state index contributed by atoms with van der Waals surface area (Å²) in [5.41, 5.74) is -0.138. The van der Waals surface area contributed by atoms with E-state index in [4.69, 9.17) is 24.1 Å². The maximum absolute atomic E-state index is 10.1. The summed E-state index contributed by atoms with van der Waals surface area (Å²) in [7, 11) is 0. The van der Waals surface area contributed by atoms with Gasteiger partial charge in [-0.3, -0.25) is 0 Å². The Morgan fingerprint density at radius 3 is 1.78 bits per heavy atom. The number of aliphatic carboxylic acids is 1. The minimum atomic E-state index is -0.975. The minimum absolute atomic E-state index is 0.138. The van der Waals surface area contributed by atoms with Crippen molar-refractivity contribution in [3.8, 4) is 0 Å². The molecule has 0 aliphatic heterocycles. The lowest BCUT2D eigenvalue weighted by Gasteiger charge is -2.19. The van der Waals surface area contributed by atoms with E-state index >= 15 is 0 Å². The van der Waals surface area contributed by atoms with E-state index in [-0.39, 0.29) is 18.8 Å². The summed E-state index contributed by atoms with van der Waals surface area (Å²) in [5.74, 6) is -0.975. The van der Waals surface area contributed by atoms with Crippen molar-refractivity contribution >= 4 is 5.97 Å². The van der Waals surface area contributed by atoms with E-state index in [1.807, 2.05) is 20.8 Å². The first-order valence-corrected chi connectivity index (χ1v) is 6.01. The molecule has 0 bridgehead atoms. The Labute approximate surface area is 108 Å². The molecule has 108 valence electrons. The molecule has 0 aliphatic rings. The van der Waals surface area contributed by atoms with Crippen LogP contribution < -0.4 is 0 Å². The third kappa shape index (κ3) is 15.3. The molecule has 0 rings (SSSR count). The van der Waals surface area contributed by atoms with Crippen molar-refractivity contribution in [2.24, 2.45) is 0 Å². The highest BCUT2D eigenvalue weighted by Crippen LogP contribution is 2.05. The van der Waals surface area contributed by atoms with Gasteiger partial charge in [-0.05, 0) is 20.8 Å². The van der Waals surface area contributed by atoms with Gasteiger partial charge in [0, 0.05) is 0 Å². The van der Waals surface area contributed by atoms with Crippen molar-refractivity contribution < 1.29 is 28.8 Å². The molecule has 0 aromatic heterocycles. The second-order valence-corrected chi connectivity index (χ2v) is 4.63. The maximum Gasteiger partial charge on any atom is 0.329 e. The lowest BCUT2D eigenvalue weighted by Crippen LogP contribution is -2.22. The molecule has 6 nitrogen and oxygen atoms in total. The van der Waals surface area contributed by atoms with Crippen LogP contribution in [0.4, 0.5) is 0 Å². The Kier molecular flexibility index (Phi) is 9.86. The first-order chi connectivity index (χ1) is 8.42. The van der Waals surface area contributed by atoms with Gasteiger partial charge in [0.05, 0.1) is 45.2 Å². The SMILES string of the molecule is CC(C)(C)OCCOCCOCCOCC(=O)O. The second-order valence-electron chi connectivity index (χ2n) is 4.63. The topological polar surface area (TPSA) is 74.2 Å². The van der Waals surface area contributed by atoms with Gasteiger partial charge in [-0.1, -0.05) is 0 Å². The van der Waals surface area contributed by atoms with Crippen molar-refractivity contribution in [2.45, 2.75) is 26.4 Å². The molecule has 0 spiro atoms. The highest BCUT2D eigenvalue weighted by atomic mass is 16.6. The highest BCUT2D eigenvalue weighted by Gasteiger charge is 2.08. The van der Waals surface area contributed by atoms with Gasteiger partial charge in [0.25, 0.3) is 0 Å². The molecule has 0 saturated carbocycles. The Morgan fingerprint density at radius 2 is 1.33 bits per heavy atom. The molecule has 0 aromatic carbocycles. The summed E-state index contributed by atoms with van der Waals surface area (Å²) in [6.45, 7) is 8.39. The summed E-state index contributed by atoms with van der Waals surface area (Å²) < 4.78 is 20.7. The predicted octanol–water partition coefficient (Wildman–Crippen LogP) is 0.936. The molecule has 0 radical (unpaired) electrons. The lowest BCUT2D eigenvalue weighted by atomic mass is 10.2. The summed E-state index contributed by atoms with van der Waals surface area (Å²) in [5, 5.41) is 8.30. The zero-order valence-electron chi connectivity index (χ0n) is 11.4. The number of hydrogen-bond acceptors (Lipinski definition) is 5. The van der Waals surface area contributed by atoms with Crippen LogP contribution in [0.2, 0.25) is 0 Å². The molecule has 0 heterocycles. The van der Waals surface area contributed by atoms with Crippen molar-refractivity contribution in [1.29, 1.82) is 0 Å².